The molecule has 0 atom stereocenters. The second-order valence-corrected chi connectivity index (χ2v) is 6.19. The minimum atomic E-state index is -0.426. The minimum Gasteiger partial charge on any atom is -0.322 e. The van der Waals surface area contributed by atoms with Crippen molar-refractivity contribution in [1.82, 2.24) is 4.98 Å². The first-order chi connectivity index (χ1) is 11.7. The Bertz CT molecular complexity index is 822. The van der Waals surface area contributed by atoms with Gasteiger partial charge in [0.15, 0.2) is 0 Å². The molecular formula is C19H15FN2OS. The van der Waals surface area contributed by atoms with Crippen LogP contribution in [0.2, 0.25) is 0 Å². The lowest BCUT2D eigenvalue weighted by Crippen LogP contribution is -2.11. The van der Waals surface area contributed by atoms with E-state index >= 15 is 0 Å². The zero-order valence-corrected chi connectivity index (χ0v) is 13.6. The summed E-state index contributed by atoms with van der Waals surface area (Å²) in [6.45, 7) is 0. The van der Waals surface area contributed by atoms with Gasteiger partial charge < -0.3 is 5.32 Å². The highest BCUT2D eigenvalue weighted by Gasteiger charge is 2.07. The predicted molar refractivity (Wildman–Crippen MR) is 94.6 cm³/mol. The SMILES string of the molecule is O=C(Nc1ccc(SCc2cccnc2)cc1)c1cccc(F)c1. The predicted octanol–water partition coefficient (Wildman–Crippen LogP) is 4.77. The van der Waals surface area contributed by atoms with Gasteiger partial charge in [0, 0.05) is 34.3 Å². The molecule has 1 amide bonds. The molecule has 0 aliphatic heterocycles. The van der Waals surface area contributed by atoms with Crippen molar-refractivity contribution in [3.05, 3.63) is 90.0 Å². The lowest BCUT2D eigenvalue weighted by molar-refractivity contribution is 0.102. The van der Waals surface area contributed by atoms with Crippen LogP contribution in [-0.4, -0.2) is 10.9 Å². The van der Waals surface area contributed by atoms with Crippen molar-refractivity contribution in [3.63, 3.8) is 0 Å². The summed E-state index contributed by atoms with van der Waals surface area (Å²) < 4.78 is 13.2. The van der Waals surface area contributed by atoms with Crippen molar-refractivity contribution in [2.24, 2.45) is 0 Å². The van der Waals surface area contributed by atoms with E-state index in [-0.39, 0.29) is 5.91 Å². The molecule has 3 aromatic rings. The van der Waals surface area contributed by atoms with Crippen molar-refractivity contribution < 1.29 is 9.18 Å². The minimum absolute atomic E-state index is 0.296. The molecule has 2 aromatic carbocycles. The number of carbonyl (C=O) groups excluding carboxylic acids is 1. The number of aromatic nitrogens is 1. The number of anilines is 1. The second-order valence-electron chi connectivity index (χ2n) is 5.14. The molecule has 0 fully saturated rings. The summed E-state index contributed by atoms with van der Waals surface area (Å²) in [5, 5.41) is 2.76. The molecular weight excluding hydrogens is 323 g/mol. The maximum absolute atomic E-state index is 13.2. The average molecular weight is 338 g/mol. The number of benzene rings is 2. The summed E-state index contributed by atoms with van der Waals surface area (Å²) in [7, 11) is 0. The molecule has 0 spiro atoms. The Morgan fingerprint density at radius 1 is 1.08 bits per heavy atom. The molecule has 1 aromatic heterocycles. The summed E-state index contributed by atoms with van der Waals surface area (Å²) >= 11 is 1.70. The molecule has 5 heteroatoms. The Kier molecular flexibility index (Phi) is 5.23. The van der Waals surface area contributed by atoms with Gasteiger partial charge in [-0.05, 0) is 54.1 Å². The molecule has 3 nitrogen and oxygen atoms in total. The van der Waals surface area contributed by atoms with Crippen LogP contribution in [0.15, 0.2) is 78.0 Å². The summed E-state index contributed by atoms with van der Waals surface area (Å²) in [5.74, 6) is 0.0816. The fraction of sp³-hybridized carbons (Fsp3) is 0.0526. The first-order valence-corrected chi connectivity index (χ1v) is 8.38. The lowest BCUT2D eigenvalue weighted by atomic mass is 10.2. The lowest BCUT2D eigenvalue weighted by Gasteiger charge is -2.07. The zero-order valence-electron chi connectivity index (χ0n) is 12.8. The molecule has 120 valence electrons. The zero-order chi connectivity index (χ0) is 16.8. The van der Waals surface area contributed by atoms with Gasteiger partial charge in [-0.1, -0.05) is 12.1 Å². The van der Waals surface area contributed by atoms with Crippen LogP contribution in [0.1, 0.15) is 15.9 Å². The summed E-state index contributed by atoms with van der Waals surface area (Å²) in [4.78, 5) is 17.3. The molecule has 0 unspecified atom stereocenters. The number of rotatable bonds is 5. The molecule has 3 rings (SSSR count). The van der Waals surface area contributed by atoms with E-state index in [0.29, 0.717) is 11.3 Å². The standard InChI is InChI=1S/C19H15FN2OS/c20-16-5-1-4-15(11-16)19(23)22-17-6-8-18(9-7-17)24-13-14-3-2-10-21-12-14/h1-12H,13H2,(H,22,23). The first-order valence-electron chi connectivity index (χ1n) is 7.39. The Balaban J connectivity index is 1.59. The third-order valence-corrected chi connectivity index (χ3v) is 4.41. The molecule has 0 bridgehead atoms. The Labute approximate surface area is 143 Å². The Hall–Kier alpha value is -2.66. The number of carbonyl (C=O) groups is 1. The number of nitrogens with zero attached hydrogens (tertiary/aromatic N) is 1. The van der Waals surface area contributed by atoms with E-state index in [1.54, 1.807) is 24.0 Å². The number of hydrogen-bond acceptors (Lipinski definition) is 3. The number of halogens is 1. The quantitative estimate of drug-likeness (QED) is 0.682. The average Bonchev–Trinajstić information content (AvgIpc) is 2.62. The van der Waals surface area contributed by atoms with Crippen LogP contribution in [0.4, 0.5) is 10.1 Å². The molecule has 0 saturated carbocycles. The van der Waals surface area contributed by atoms with Gasteiger partial charge in [0.05, 0.1) is 0 Å². The van der Waals surface area contributed by atoms with E-state index in [9.17, 15) is 9.18 Å². The van der Waals surface area contributed by atoms with Gasteiger partial charge in [-0.25, -0.2) is 4.39 Å². The highest BCUT2D eigenvalue weighted by atomic mass is 32.2. The van der Waals surface area contributed by atoms with Crippen molar-refractivity contribution in [2.75, 3.05) is 5.32 Å². The normalized spacial score (nSPS) is 10.4. The third kappa shape index (κ3) is 4.43. The second kappa shape index (κ2) is 7.75. The van der Waals surface area contributed by atoms with Crippen LogP contribution in [0.25, 0.3) is 0 Å². The van der Waals surface area contributed by atoms with E-state index in [1.165, 1.54) is 18.2 Å². The fourth-order valence-electron chi connectivity index (χ4n) is 2.12. The Morgan fingerprint density at radius 2 is 1.92 bits per heavy atom. The summed E-state index contributed by atoms with van der Waals surface area (Å²) in [5.41, 5.74) is 2.13. The van der Waals surface area contributed by atoms with Gasteiger partial charge in [0.25, 0.3) is 5.91 Å². The molecule has 0 radical (unpaired) electrons. The van der Waals surface area contributed by atoms with E-state index in [1.807, 2.05) is 42.6 Å². The van der Waals surface area contributed by atoms with Gasteiger partial charge in [-0.15, -0.1) is 11.8 Å². The van der Waals surface area contributed by atoms with Gasteiger partial charge >= 0.3 is 0 Å². The smallest absolute Gasteiger partial charge is 0.255 e. The van der Waals surface area contributed by atoms with Gasteiger partial charge in [-0.2, -0.15) is 0 Å². The molecule has 1 heterocycles. The van der Waals surface area contributed by atoms with Crippen LogP contribution in [0, 0.1) is 5.82 Å². The van der Waals surface area contributed by atoms with Crippen LogP contribution >= 0.6 is 11.8 Å². The number of hydrogen-bond donors (Lipinski definition) is 1. The number of pyridine rings is 1. The molecule has 1 N–H and O–H groups in total. The molecule has 0 aliphatic rings. The van der Waals surface area contributed by atoms with E-state index < -0.39 is 5.82 Å². The van der Waals surface area contributed by atoms with Crippen molar-refractivity contribution in [2.45, 2.75) is 10.6 Å². The first kappa shape index (κ1) is 16.2. The summed E-state index contributed by atoms with van der Waals surface area (Å²) in [6.07, 6.45) is 3.60. The monoisotopic (exact) mass is 338 g/mol. The van der Waals surface area contributed by atoms with Gasteiger partial charge in [-0.3, -0.25) is 9.78 Å². The van der Waals surface area contributed by atoms with E-state index in [0.717, 1.165) is 16.2 Å². The molecule has 24 heavy (non-hydrogen) atoms. The number of thioether (sulfide) groups is 1. The topological polar surface area (TPSA) is 42.0 Å². The molecule has 0 aliphatic carbocycles. The molecule has 0 saturated heterocycles. The highest BCUT2D eigenvalue weighted by molar-refractivity contribution is 7.98. The third-order valence-electron chi connectivity index (χ3n) is 3.33. The maximum Gasteiger partial charge on any atom is 0.255 e. The number of nitrogens with one attached hydrogen (secondary N) is 1. The summed E-state index contributed by atoms with van der Waals surface area (Å²) in [6, 6.07) is 17.1. The van der Waals surface area contributed by atoms with Gasteiger partial charge in [0.1, 0.15) is 5.82 Å². The fourth-order valence-corrected chi connectivity index (χ4v) is 2.95. The van der Waals surface area contributed by atoms with Crippen LogP contribution in [0.3, 0.4) is 0 Å². The van der Waals surface area contributed by atoms with Crippen LogP contribution in [-0.2, 0) is 5.75 Å². The van der Waals surface area contributed by atoms with Crippen molar-refractivity contribution in [3.8, 4) is 0 Å². The van der Waals surface area contributed by atoms with E-state index in [4.69, 9.17) is 0 Å². The van der Waals surface area contributed by atoms with Crippen molar-refractivity contribution in [1.29, 1.82) is 0 Å². The van der Waals surface area contributed by atoms with Gasteiger partial charge in [0.2, 0.25) is 0 Å². The Morgan fingerprint density at radius 3 is 2.62 bits per heavy atom. The van der Waals surface area contributed by atoms with Crippen LogP contribution in [0.5, 0.6) is 0 Å². The number of amides is 1. The van der Waals surface area contributed by atoms with E-state index in [2.05, 4.69) is 10.3 Å². The van der Waals surface area contributed by atoms with Crippen molar-refractivity contribution >= 4 is 23.4 Å². The largest absolute Gasteiger partial charge is 0.322 e. The highest BCUT2D eigenvalue weighted by Crippen LogP contribution is 2.24. The maximum atomic E-state index is 13.2. The van der Waals surface area contributed by atoms with Crippen LogP contribution < -0.4 is 5.32 Å².